The van der Waals surface area contributed by atoms with Crippen LogP contribution in [-0.4, -0.2) is 18.0 Å². The molecule has 0 unspecified atom stereocenters. The van der Waals surface area contributed by atoms with E-state index in [1.54, 1.807) is 36.4 Å². The maximum Gasteiger partial charge on any atom is 0.260 e. The highest BCUT2D eigenvalue weighted by atomic mass is 35.5. The molecule has 4 rings (SSSR count). The van der Waals surface area contributed by atoms with E-state index >= 15 is 0 Å². The molecule has 0 aromatic heterocycles. The van der Waals surface area contributed by atoms with Gasteiger partial charge in [-0.25, -0.2) is 4.39 Å². The summed E-state index contributed by atoms with van der Waals surface area (Å²) in [6.07, 6.45) is 2.73. The fourth-order valence-electron chi connectivity index (χ4n) is 3.54. The third kappa shape index (κ3) is 6.29. The number of thioether (sulfide) groups is 1. The first-order valence-electron chi connectivity index (χ1n) is 11.3. The highest BCUT2D eigenvalue weighted by molar-refractivity contribution is 8.05. The molecule has 35 heavy (non-hydrogen) atoms. The van der Waals surface area contributed by atoms with Crippen LogP contribution < -0.4 is 20.1 Å². The van der Waals surface area contributed by atoms with Crippen LogP contribution in [0.15, 0.2) is 65.6 Å². The zero-order valence-electron chi connectivity index (χ0n) is 19.4. The van der Waals surface area contributed by atoms with E-state index in [4.69, 9.17) is 21.1 Å². The minimum absolute atomic E-state index is 0.0117. The summed E-state index contributed by atoms with van der Waals surface area (Å²) in [7, 11) is 0. The molecule has 0 bridgehead atoms. The molecule has 1 heterocycles. The molecule has 1 aliphatic heterocycles. The van der Waals surface area contributed by atoms with E-state index < -0.39 is 0 Å². The lowest BCUT2D eigenvalue weighted by Crippen LogP contribution is -2.30. The fraction of sp³-hybridized carbons (Fsp3) is 0.222. The number of hydrogen-bond donors (Lipinski definition) is 2. The summed E-state index contributed by atoms with van der Waals surface area (Å²) in [4.78, 5) is 13.1. The minimum Gasteiger partial charge on any atom is -0.490 e. The minimum atomic E-state index is -0.350. The van der Waals surface area contributed by atoms with Crippen molar-refractivity contribution in [1.29, 1.82) is 0 Å². The number of aryl methyl sites for hydroxylation is 1. The number of amides is 1. The lowest BCUT2D eigenvalue weighted by atomic mass is 10.1. The molecule has 3 aromatic rings. The smallest absolute Gasteiger partial charge is 0.260 e. The van der Waals surface area contributed by atoms with Crippen molar-refractivity contribution in [3.05, 3.63) is 93.1 Å². The van der Waals surface area contributed by atoms with Crippen molar-refractivity contribution in [3.8, 4) is 11.5 Å². The van der Waals surface area contributed by atoms with E-state index in [-0.39, 0.29) is 23.8 Å². The van der Waals surface area contributed by atoms with Gasteiger partial charge in [-0.15, -0.1) is 0 Å². The van der Waals surface area contributed by atoms with Gasteiger partial charge in [0.05, 0.1) is 16.5 Å². The largest absolute Gasteiger partial charge is 0.490 e. The predicted octanol–water partition coefficient (Wildman–Crippen LogP) is 6.62. The van der Waals surface area contributed by atoms with Gasteiger partial charge in [-0.1, -0.05) is 60.6 Å². The van der Waals surface area contributed by atoms with Crippen LogP contribution in [0.3, 0.4) is 0 Å². The van der Waals surface area contributed by atoms with Crippen molar-refractivity contribution < 1.29 is 18.7 Å². The van der Waals surface area contributed by atoms with Crippen molar-refractivity contribution in [2.24, 2.45) is 0 Å². The molecule has 1 saturated heterocycles. The normalized spacial score (nSPS) is 16.3. The third-order valence-corrected chi connectivity index (χ3v) is 6.66. The highest BCUT2D eigenvalue weighted by Crippen LogP contribution is 2.39. The van der Waals surface area contributed by atoms with Crippen molar-refractivity contribution in [2.75, 3.05) is 11.9 Å². The average molecular weight is 513 g/mol. The van der Waals surface area contributed by atoms with Crippen LogP contribution in [0.2, 0.25) is 5.02 Å². The Hall–Kier alpha value is -3.16. The number of anilines is 1. The molecule has 182 valence electrons. The lowest BCUT2D eigenvalue weighted by molar-refractivity contribution is -0.116. The monoisotopic (exact) mass is 512 g/mol. The number of benzene rings is 3. The van der Waals surface area contributed by atoms with Gasteiger partial charge < -0.3 is 20.1 Å². The van der Waals surface area contributed by atoms with Gasteiger partial charge in [0.15, 0.2) is 17.0 Å². The van der Waals surface area contributed by atoms with Gasteiger partial charge >= 0.3 is 0 Å². The molecular formula is C27H26ClFN2O3S. The quantitative estimate of drug-likeness (QED) is 0.315. The number of nitrogens with one attached hydrogen (secondary N) is 2. The van der Waals surface area contributed by atoms with Crippen molar-refractivity contribution in [3.63, 3.8) is 0 Å². The van der Waals surface area contributed by atoms with E-state index in [0.29, 0.717) is 39.2 Å². The topological polar surface area (TPSA) is 59.6 Å². The standard InChI is InChI=1S/C27H26ClFN2O3S/c1-3-17-9-11-20(12-10-17)30-27-31-26(32)24(35-27)15-18-13-21(28)25(23(14-18)33-4-2)34-16-19-7-5-6-8-22(19)29/h5-15,27,30H,3-4,16H2,1-2H3,(H,31,32)/b24-15-/t27-/m1/s1. The molecule has 5 nitrogen and oxygen atoms in total. The number of halogens is 2. The molecule has 0 aliphatic carbocycles. The summed E-state index contributed by atoms with van der Waals surface area (Å²) in [5, 5.41) is 6.56. The molecule has 8 heteroatoms. The summed E-state index contributed by atoms with van der Waals surface area (Å²) in [6, 6.07) is 18.0. The molecule has 0 saturated carbocycles. The van der Waals surface area contributed by atoms with E-state index in [1.165, 1.54) is 23.4 Å². The Labute approximate surface area is 213 Å². The van der Waals surface area contributed by atoms with Gasteiger partial charge in [0.1, 0.15) is 12.4 Å². The van der Waals surface area contributed by atoms with Crippen molar-refractivity contribution in [1.82, 2.24) is 5.32 Å². The highest BCUT2D eigenvalue weighted by Gasteiger charge is 2.27. The van der Waals surface area contributed by atoms with E-state index in [2.05, 4.69) is 29.7 Å². The van der Waals surface area contributed by atoms with E-state index in [9.17, 15) is 9.18 Å². The first-order valence-corrected chi connectivity index (χ1v) is 12.6. The first kappa shape index (κ1) is 24.9. The van der Waals surface area contributed by atoms with Gasteiger partial charge in [0.25, 0.3) is 5.91 Å². The summed E-state index contributed by atoms with van der Waals surface area (Å²) < 4.78 is 25.5. The number of carbonyl (C=O) groups excluding carboxylic acids is 1. The summed E-state index contributed by atoms with van der Waals surface area (Å²) in [6.45, 7) is 4.36. The second kappa shape index (κ2) is 11.5. The molecule has 0 spiro atoms. The lowest BCUT2D eigenvalue weighted by Gasteiger charge is -2.15. The molecule has 2 N–H and O–H groups in total. The van der Waals surface area contributed by atoms with E-state index in [1.807, 2.05) is 19.1 Å². The number of hydrogen-bond acceptors (Lipinski definition) is 5. The Morgan fingerprint density at radius 1 is 1.11 bits per heavy atom. The van der Waals surface area contributed by atoms with Gasteiger partial charge in [-0.05, 0) is 60.9 Å². The van der Waals surface area contributed by atoms with Crippen LogP contribution in [0.5, 0.6) is 11.5 Å². The Kier molecular flexibility index (Phi) is 8.21. The molecule has 0 radical (unpaired) electrons. The number of ether oxygens (including phenoxy) is 2. The Bertz CT molecular complexity index is 1230. The molecular weight excluding hydrogens is 487 g/mol. The molecule has 1 fully saturated rings. The molecule has 3 aromatic carbocycles. The molecule has 1 aliphatic rings. The fourth-order valence-corrected chi connectivity index (χ4v) is 4.80. The van der Waals surface area contributed by atoms with Crippen molar-refractivity contribution in [2.45, 2.75) is 32.4 Å². The van der Waals surface area contributed by atoms with Crippen molar-refractivity contribution >= 4 is 41.0 Å². The molecule has 1 amide bonds. The molecule has 1 atom stereocenters. The predicted molar refractivity (Wildman–Crippen MR) is 140 cm³/mol. The Morgan fingerprint density at radius 2 is 1.89 bits per heavy atom. The van der Waals surface area contributed by atoms with Gasteiger partial charge in [-0.2, -0.15) is 0 Å². The van der Waals surface area contributed by atoms with Crippen LogP contribution in [0.25, 0.3) is 6.08 Å². The number of rotatable bonds is 9. The maximum atomic E-state index is 14.0. The summed E-state index contributed by atoms with van der Waals surface area (Å²) >= 11 is 7.90. The SMILES string of the molecule is CCOc1cc(/C=C2\S[C@H](Nc3ccc(CC)cc3)NC2=O)cc(Cl)c1OCc1ccccc1F. The Balaban J connectivity index is 1.50. The maximum absolute atomic E-state index is 14.0. The van der Waals surface area contributed by atoms with Gasteiger partial charge in [-0.3, -0.25) is 4.79 Å². The second-order valence-electron chi connectivity index (χ2n) is 7.82. The summed E-state index contributed by atoms with van der Waals surface area (Å²) in [5.41, 5.74) is 3.01. The summed E-state index contributed by atoms with van der Waals surface area (Å²) in [5.74, 6) is 0.234. The zero-order valence-corrected chi connectivity index (χ0v) is 21.0. The van der Waals surface area contributed by atoms with Crippen LogP contribution in [-0.2, 0) is 17.8 Å². The van der Waals surface area contributed by atoms with Gasteiger partial charge in [0, 0.05) is 11.3 Å². The van der Waals surface area contributed by atoms with E-state index in [0.717, 1.165) is 12.1 Å². The van der Waals surface area contributed by atoms with Crippen LogP contribution in [0.4, 0.5) is 10.1 Å². The average Bonchev–Trinajstić information content (AvgIpc) is 3.18. The Morgan fingerprint density at radius 3 is 2.60 bits per heavy atom. The zero-order chi connectivity index (χ0) is 24.8. The van der Waals surface area contributed by atoms with Crippen LogP contribution >= 0.6 is 23.4 Å². The van der Waals surface area contributed by atoms with Crippen LogP contribution in [0, 0.1) is 5.82 Å². The van der Waals surface area contributed by atoms with Crippen LogP contribution in [0.1, 0.15) is 30.5 Å². The third-order valence-electron chi connectivity index (χ3n) is 5.35. The second-order valence-corrected chi connectivity index (χ2v) is 9.37. The first-order chi connectivity index (χ1) is 17.0. The van der Waals surface area contributed by atoms with Gasteiger partial charge in [0.2, 0.25) is 0 Å². The number of carbonyl (C=O) groups is 1.